The second kappa shape index (κ2) is 7.72. The highest BCUT2D eigenvalue weighted by atomic mass is 16.1. The monoisotopic (exact) mass is 198 g/mol. The van der Waals surface area contributed by atoms with Crippen molar-refractivity contribution in [3.05, 3.63) is 0 Å². The predicted molar refractivity (Wildman–Crippen MR) is 58.2 cm³/mol. The summed E-state index contributed by atoms with van der Waals surface area (Å²) in [5.74, 6) is 0.614. The van der Waals surface area contributed by atoms with Gasteiger partial charge in [0.15, 0.2) is 0 Å². The molecular formula is C12H22O2. The molecule has 0 fully saturated rings. The van der Waals surface area contributed by atoms with Crippen molar-refractivity contribution in [2.24, 2.45) is 11.8 Å². The van der Waals surface area contributed by atoms with E-state index < -0.39 is 0 Å². The van der Waals surface area contributed by atoms with Crippen LogP contribution in [0, 0.1) is 11.8 Å². The lowest BCUT2D eigenvalue weighted by molar-refractivity contribution is -0.123. The first kappa shape index (κ1) is 13.3. The molecule has 2 nitrogen and oxygen atoms in total. The normalized spacial score (nSPS) is 12.9. The van der Waals surface area contributed by atoms with Crippen LogP contribution in [-0.4, -0.2) is 12.1 Å². The smallest absolute Gasteiger partial charge is 0.135 e. The molecule has 1 atom stereocenters. The van der Waals surface area contributed by atoms with E-state index in [1.54, 1.807) is 0 Å². The maximum atomic E-state index is 11.6. The molecule has 1 unspecified atom stereocenters. The molecule has 2 heteroatoms. The minimum Gasteiger partial charge on any atom is -0.303 e. The van der Waals surface area contributed by atoms with Crippen LogP contribution in [0.2, 0.25) is 0 Å². The fourth-order valence-electron chi connectivity index (χ4n) is 1.64. The molecule has 0 spiro atoms. The van der Waals surface area contributed by atoms with Gasteiger partial charge in [0.25, 0.3) is 0 Å². The number of rotatable bonds is 8. The Hall–Kier alpha value is -0.660. The molecule has 0 rings (SSSR count). The van der Waals surface area contributed by atoms with Crippen LogP contribution in [0.1, 0.15) is 52.9 Å². The molecule has 82 valence electrons. The lowest BCUT2D eigenvalue weighted by Gasteiger charge is -2.12. The van der Waals surface area contributed by atoms with Crippen LogP contribution in [0.25, 0.3) is 0 Å². The SMILES string of the molecule is CCC(C=O)CCC(=O)C(CC)CC. The van der Waals surface area contributed by atoms with E-state index in [2.05, 4.69) is 0 Å². The Balaban J connectivity index is 3.87. The second-order valence-electron chi connectivity index (χ2n) is 3.82. The van der Waals surface area contributed by atoms with E-state index in [4.69, 9.17) is 0 Å². The van der Waals surface area contributed by atoms with Gasteiger partial charge in [-0.2, -0.15) is 0 Å². The van der Waals surface area contributed by atoms with Crippen LogP contribution in [0.4, 0.5) is 0 Å². The van der Waals surface area contributed by atoms with Gasteiger partial charge in [0, 0.05) is 18.3 Å². The van der Waals surface area contributed by atoms with E-state index in [-0.39, 0.29) is 11.8 Å². The van der Waals surface area contributed by atoms with Crippen LogP contribution in [-0.2, 0) is 9.59 Å². The highest BCUT2D eigenvalue weighted by molar-refractivity contribution is 5.81. The van der Waals surface area contributed by atoms with Gasteiger partial charge in [-0.15, -0.1) is 0 Å². The highest BCUT2D eigenvalue weighted by Crippen LogP contribution is 2.15. The molecule has 0 aliphatic heterocycles. The summed E-state index contributed by atoms with van der Waals surface area (Å²) >= 11 is 0. The fourth-order valence-corrected chi connectivity index (χ4v) is 1.64. The molecule has 0 N–H and O–H groups in total. The van der Waals surface area contributed by atoms with Gasteiger partial charge in [0.05, 0.1) is 0 Å². The second-order valence-corrected chi connectivity index (χ2v) is 3.82. The number of hydrogen-bond acceptors (Lipinski definition) is 2. The Bertz CT molecular complexity index is 171. The first-order valence-electron chi connectivity index (χ1n) is 5.67. The third-order valence-electron chi connectivity index (χ3n) is 2.92. The summed E-state index contributed by atoms with van der Waals surface area (Å²) < 4.78 is 0. The molecule has 0 aromatic rings. The quantitative estimate of drug-likeness (QED) is 0.562. The Morgan fingerprint density at radius 2 is 1.71 bits per heavy atom. The number of carbonyl (C=O) groups is 2. The predicted octanol–water partition coefficient (Wildman–Crippen LogP) is 3.00. The summed E-state index contributed by atoms with van der Waals surface area (Å²) in [4.78, 5) is 22.2. The van der Waals surface area contributed by atoms with E-state index >= 15 is 0 Å². The zero-order valence-electron chi connectivity index (χ0n) is 9.58. The maximum absolute atomic E-state index is 11.6. The third kappa shape index (κ3) is 4.54. The van der Waals surface area contributed by atoms with E-state index in [0.29, 0.717) is 12.2 Å². The largest absolute Gasteiger partial charge is 0.303 e. The van der Waals surface area contributed by atoms with Gasteiger partial charge in [-0.3, -0.25) is 4.79 Å². The van der Waals surface area contributed by atoms with E-state index in [1.165, 1.54) is 0 Å². The number of carbonyl (C=O) groups excluding carboxylic acids is 2. The summed E-state index contributed by atoms with van der Waals surface area (Å²) in [5.41, 5.74) is 0. The van der Waals surface area contributed by atoms with Gasteiger partial charge in [0.2, 0.25) is 0 Å². The summed E-state index contributed by atoms with van der Waals surface area (Å²) in [6.07, 6.45) is 4.97. The van der Waals surface area contributed by atoms with Gasteiger partial charge >= 0.3 is 0 Å². The molecule has 0 aromatic heterocycles. The highest BCUT2D eigenvalue weighted by Gasteiger charge is 2.15. The fraction of sp³-hybridized carbons (Fsp3) is 0.833. The molecule has 0 aliphatic carbocycles. The van der Waals surface area contributed by atoms with E-state index in [1.807, 2.05) is 20.8 Å². The zero-order valence-corrected chi connectivity index (χ0v) is 9.58. The van der Waals surface area contributed by atoms with Crippen LogP contribution in [0.15, 0.2) is 0 Å². The van der Waals surface area contributed by atoms with Crippen molar-refractivity contribution >= 4 is 12.1 Å². The van der Waals surface area contributed by atoms with Crippen molar-refractivity contribution < 1.29 is 9.59 Å². The number of ketones is 1. The zero-order chi connectivity index (χ0) is 11.0. The Labute approximate surface area is 87.1 Å². The number of Topliss-reactive ketones (excluding diaryl/α,β-unsaturated/α-hetero) is 1. The Morgan fingerprint density at radius 1 is 1.14 bits per heavy atom. The molecule has 0 radical (unpaired) electrons. The molecule has 0 amide bonds. The van der Waals surface area contributed by atoms with E-state index in [0.717, 1.165) is 32.0 Å². The standard InChI is InChI=1S/C12H22O2/c1-4-10(9-13)7-8-12(14)11(5-2)6-3/h9-11H,4-8H2,1-3H3. The van der Waals surface area contributed by atoms with Crippen molar-refractivity contribution in [3.8, 4) is 0 Å². The average Bonchev–Trinajstić information content (AvgIpc) is 2.21. The van der Waals surface area contributed by atoms with Crippen molar-refractivity contribution in [1.82, 2.24) is 0 Å². The minimum atomic E-state index is 0.0771. The lowest BCUT2D eigenvalue weighted by atomic mass is 9.92. The average molecular weight is 198 g/mol. The topological polar surface area (TPSA) is 34.1 Å². The van der Waals surface area contributed by atoms with E-state index in [9.17, 15) is 9.59 Å². The number of aldehydes is 1. The van der Waals surface area contributed by atoms with Gasteiger partial charge < -0.3 is 4.79 Å². The molecule has 0 heterocycles. The van der Waals surface area contributed by atoms with Crippen LogP contribution in [0.5, 0.6) is 0 Å². The van der Waals surface area contributed by atoms with Crippen molar-refractivity contribution in [3.63, 3.8) is 0 Å². The van der Waals surface area contributed by atoms with Gasteiger partial charge in [-0.25, -0.2) is 0 Å². The maximum Gasteiger partial charge on any atom is 0.135 e. The summed E-state index contributed by atoms with van der Waals surface area (Å²) in [6.45, 7) is 6.08. The molecular weight excluding hydrogens is 176 g/mol. The first-order chi connectivity index (χ1) is 6.69. The molecule has 0 bridgehead atoms. The summed E-state index contributed by atoms with van der Waals surface area (Å²) in [5, 5.41) is 0. The van der Waals surface area contributed by atoms with Crippen LogP contribution >= 0.6 is 0 Å². The molecule has 14 heavy (non-hydrogen) atoms. The third-order valence-corrected chi connectivity index (χ3v) is 2.92. The van der Waals surface area contributed by atoms with Crippen molar-refractivity contribution in [1.29, 1.82) is 0 Å². The number of hydrogen-bond donors (Lipinski definition) is 0. The van der Waals surface area contributed by atoms with Gasteiger partial charge in [0.1, 0.15) is 12.1 Å². The molecule has 0 aromatic carbocycles. The molecule has 0 aliphatic rings. The Morgan fingerprint density at radius 3 is 2.07 bits per heavy atom. The Kier molecular flexibility index (Phi) is 7.35. The lowest BCUT2D eigenvalue weighted by Crippen LogP contribution is -2.14. The van der Waals surface area contributed by atoms with Crippen LogP contribution in [0.3, 0.4) is 0 Å². The summed E-state index contributed by atoms with van der Waals surface area (Å²) in [7, 11) is 0. The van der Waals surface area contributed by atoms with Crippen molar-refractivity contribution in [2.45, 2.75) is 52.9 Å². The van der Waals surface area contributed by atoms with Gasteiger partial charge in [-0.1, -0.05) is 20.8 Å². The first-order valence-corrected chi connectivity index (χ1v) is 5.67. The minimum absolute atomic E-state index is 0.0771. The summed E-state index contributed by atoms with van der Waals surface area (Å²) in [6, 6.07) is 0. The molecule has 0 saturated carbocycles. The molecule has 0 saturated heterocycles. The van der Waals surface area contributed by atoms with Crippen molar-refractivity contribution in [2.75, 3.05) is 0 Å². The van der Waals surface area contributed by atoms with Crippen LogP contribution < -0.4 is 0 Å². The van der Waals surface area contributed by atoms with Gasteiger partial charge in [-0.05, 0) is 25.7 Å².